The highest BCUT2D eigenvalue weighted by Gasteiger charge is 1.88. The van der Waals surface area contributed by atoms with E-state index >= 15 is 0 Å². The number of rotatable bonds is 5. The number of carbonyl (C=O) groups is 3. The predicted molar refractivity (Wildman–Crippen MR) is 87.8 cm³/mol. The average Bonchev–Trinajstić information content (AvgIpc) is 2.55. The van der Waals surface area contributed by atoms with Crippen molar-refractivity contribution < 1.29 is 29.3 Å². The SMILES string of the molecule is C=CC(=O)OCC.C=Cc1ccccc1.O=C(O)/C=C/C(=O)O. The number of esters is 1. The first-order valence-corrected chi connectivity index (χ1v) is 6.47. The number of carboxylic acid groups (broad SMARTS) is 2. The zero-order valence-corrected chi connectivity index (χ0v) is 12.8. The minimum atomic E-state index is -1.26. The number of carbonyl (C=O) groups excluding carboxylic acids is 1. The number of hydrogen-bond acceptors (Lipinski definition) is 4. The van der Waals surface area contributed by atoms with Gasteiger partial charge < -0.3 is 14.9 Å². The molecule has 6 heteroatoms. The standard InChI is InChI=1S/C8H8.C5H8O2.C4H4O4/c1-2-8-6-4-3-5-7-8;1-3-5(6)7-4-2;5-3(6)1-2-4(7)8/h2-7H,1H2;3H,1,4H2,2H3;1-2H,(H,5,6)(H,7,8)/b;;2-1+. The molecule has 6 nitrogen and oxygen atoms in total. The monoisotopic (exact) mass is 320 g/mol. The molecule has 0 saturated carbocycles. The number of hydrogen-bond donors (Lipinski definition) is 2. The minimum Gasteiger partial charge on any atom is -0.478 e. The van der Waals surface area contributed by atoms with Gasteiger partial charge in [0.15, 0.2) is 0 Å². The Morgan fingerprint density at radius 1 is 1.04 bits per heavy atom. The quantitative estimate of drug-likeness (QED) is 0.639. The van der Waals surface area contributed by atoms with Crippen LogP contribution < -0.4 is 0 Å². The lowest BCUT2D eigenvalue weighted by Gasteiger charge is -1.90. The Labute approximate surface area is 135 Å². The van der Waals surface area contributed by atoms with Gasteiger partial charge in [0.1, 0.15) is 0 Å². The van der Waals surface area contributed by atoms with E-state index in [-0.39, 0.29) is 5.97 Å². The molecule has 1 aromatic carbocycles. The Morgan fingerprint density at radius 3 is 1.74 bits per heavy atom. The van der Waals surface area contributed by atoms with E-state index in [1.54, 1.807) is 6.92 Å². The number of aliphatic carboxylic acids is 2. The van der Waals surface area contributed by atoms with E-state index in [2.05, 4.69) is 17.9 Å². The summed E-state index contributed by atoms with van der Waals surface area (Å²) in [6.45, 7) is 9.01. The van der Waals surface area contributed by atoms with Crippen molar-refractivity contribution in [2.24, 2.45) is 0 Å². The topological polar surface area (TPSA) is 101 Å². The van der Waals surface area contributed by atoms with Crippen molar-refractivity contribution in [1.29, 1.82) is 0 Å². The van der Waals surface area contributed by atoms with Gasteiger partial charge >= 0.3 is 17.9 Å². The number of benzene rings is 1. The lowest BCUT2D eigenvalue weighted by molar-refractivity contribution is -0.137. The van der Waals surface area contributed by atoms with Crippen LogP contribution in [0.15, 0.2) is 61.7 Å². The summed E-state index contributed by atoms with van der Waals surface area (Å²) in [4.78, 5) is 29.2. The summed E-state index contributed by atoms with van der Waals surface area (Å²) in [5.41, 5.74) is 1.17. The molecule has 0 aliphatic heterocycles. The van der Waals surface area contributed by atoms with Crippen molar-refractivity contribution in [3.8, 4) is 0 Å². The molecule has 0 saturated heterocycles. The largest absolute Gasteiger partial charge is 0.478 e. The van der Waals surface area contributed by atoms with Crippen LogP contribution in [0, 0.1) is 0 Å². The molecule has 0 radical (unpaired) electrons. The minimum absolute atomic E-state index is 0.359. The van der Waals surface area contributed by atoms with Crippen molar-refractivity contribution >= 4 is 24.0 Å². The van der Waals surface area contributed by atoms with Crippen LogP contribution in [0.4, 0.5) is 0 Å². The fourth-order valence-corrected chi connectivity index (χ4v) is 0.933. The molecule has 0 fully saturated rings. The Bertz CT molecular complexity index is 515. The van der Waals surface area contributed by atoms with Gasteiger partial charge in [-0.15, -0.1) is 0 Å². The Hall–Kier alpha value is -3.15. The average molecular weight is 320 g/mol. The second kappa shape index (κ2) is 15.2. The molecule has 0 amide bonds. The molecule has 1 rings (SSSR count). The third-order valence-electron chi connectivity index (χ3n) is 1.86. The Balaban J connectivity index is 0. The fraction of sp³-hybridized carbons (Fsp3) is 0.118. The van der Waals surface area contributed by atoms with Crippen LogP contribution >= 0.6 is 0 Å². The van der Waals surface area contributed by atoms with E-state index in [0.29, 0.717) is 18.8 Å². The first-order chi connectivity index (χ1) is 10.9. The zero-order valence-electron chi connectivity index (χ0n) is 12.8. The Kier molecular flexibility index (Phi) is 14.7. The maximum atomic E-state index is 10.1. The Morgan fingerprint density at radius 2 is 1.52 bits per heavy atom. The molecule has 0 bridgehead atoms. The molecule has 124 valence electrons. The zero-order chi connectivity index (χ0) is 18.1. The molecule has 0 aliphatic carbocycles. The van der Waals surface area contributed by atoms with Crippen LogP contribution in [-0.4, -0.2) is 34.7 Å². The van der Waals surface area contributed by atoms with Crippen molar-refractivity contribution in [1.82, 2.24) is 0 Å². The van der Waals surface area contributed by atoms with Gasteiger partial charge in [0, 0.05) is 18.2 Å². The van der Waals surface area contributed by atoms with Gasteiger partial charge in [0.05, 0.1) is 6.61 Å². The highest BCUT2D eigenvalue weighted by atomic mass is 16.5. The molecule has 1 aromatic rings. The van der Waals surface area contributed by atoms with Crippen LogP contribution in [0.3, 0.4) is 0 Å². The highest BCUT2D eigenvalue weighted by Crippen LogP contribution is 1.97. The maximum Gasteiger partial charge on any atom is 0.330 e. The van der Waals surface area contributed by atoms with Gasteiger partial charge in [0.2, 0.25) is 0 Å². The summed E-state index contributed by atoms with van der Waals surface area (Å²) in [6, 6.07) is 10.0. The van der Waals surface area contributed by atoms with Crippen molar-refractivity contribution in [3.63, 3.8) is 0 Å². The van der Waals surface area contributed by atoms with Gasteiger partial charge in [-0.25, -0.2) is 14.4 Å². The molecule has 0 aliphatic rings. The number of carboxylic acids is 2. The normalized spacial score (nSPS) is 8.57. The molecule has 0 atom stereocenters. The van der Waals surface area contributed by atoms with Gasteiger partial charge in [0.25, 0.3) is 0 Å². The van der Waals surface area contributed by atoms with Crippen LogP contribution in [0.25, 0.3) is 6.08 Å². The summed E-state index contributed by atoms with van der Waals surface area (Å²) in [7, 11) is 0. The van der Waals surface area contributed by atoms with Crippen LogP contribution in [0.1, 0.15) is 12.5 Å². The van der Waals surface area contributed by atoms with Gasteiger partial charge in [-0.3, -0.25) is 0 Å². The summed E-state index contributed by atoms with van der Waals surface area (Å²) >= 11 is 0. The molecule has 0 spiro atoms. The predicted octanol–water partition coefficient (Wildman–Crippen LogP) is 2.78. The lowest BCUT2D eigenvalue weighted by atomic mass is 10.2. The molecule has 23 heavy (non-hydrogen) atoms. The third-order valence-corrected chi connectivity index (χ3v) is 1.86. The van der Waals surface area contributed by atoms with Crippen molar-refractivity contribution in [3.05, 3.63) is 67.3 Å². The van der Waals surface area contributed by atoms with Crippen molar-refractivity contribution in [2.45, 2.75) is 6.92 Å². The first kappa shape index (κ1) is 22.1. The summed E-state index contributed by atoms with van der Waals surface area (Å²) in [6.07, 6.45) is 4.09. The molecular weight excluding hydrogens is 300 g/mol. The van der Waals surface area contributed by atoms with Gasteiger partial charge in [-0.05, 0) is 12.5 Å². The summed E-state index contributed by atoms with van der Waals surface area (Å²) in [5.74, 6) is -2.87. The number of ether oxygens (including phenoxy) is 1. The van der Waals surface area contributed by atoms with Crippen LogP contribution in [0.2, 0.25) is 0 Å². The van der Waals surface area contributed by atoms with E-state index in [1.807, 2.05) is 36.4 Å². The summed E-state index contributed by atoms with van der Waals surface area (Å²) < 4.78 is 4.43. The van der Waals surface area contributed by atoms with E-state index in [9.17, 15) is 14.4 Å². The van der Waals surface area contributed by atoms with E-state index < -0.39 is 11.9 Å². The van der Waals surface area contributed by atoms with E-state index in [4.69, 9.17) is 10.2 Å². The van der Waals surface area contributed by atoms with Gasteiger partial charge in [-0.2, -0.15) is 0 Å². The maximum absolute atomic E-state index is 10.1. The lowest BCUT2D eigenvalue weighted by Crippen LogP contribution is -1.97. The van der Waals surface area contributed by atoms with Crippen molar-refractivity contribution in [2.75, 3.05) is 6.61 Å². The fourth-order valence-electron chi connectivity index (χ4n) is 0.933. The second-order valence-electron chi connectivity index (χ2n) is 3.58. The second-order valence-corrected chi connectivity index (χ2v) is 3.58. The molecular formula is C17H20O6. The summed E-state index contributed by atoms with van der Waals surface area (Å²) in [5, 5.41) is 15.6. The molecule has 0 aromatic heterocycles. The molecule has 0 heterocycles. The molecule has 0 unspecified atom stereocenters. The van der Waals surface area contributed by atoms with Gasteiger partial charge in [-0.1, -0.05) is 49.6 Å². The third kappa shape index (κ3) is 18.9. The van der Waals surface area contributed by atoms with E-state index in [0.717, 1.165) is 6.08 Å². The van der Waals surface area contributed by atoms with E-state index in [1.165, 1.54) is 5.56 Å². The smallest absolute Gasteiger partial charge is 0.330 e. The first-order valence-electron chi connectivity index (χ1n) is 6.47. The highest BCUT2D eigenvalue weighted by molar-refractivity contribution is 5.89. The van der Waals surface area contributed by atoms with Crippen LogP contribution in [-0.2, 0) is 19.1 Å². The van der Waals surface area contributed by atoms with Crippen LogP contribution in [0.5, 0.6) is 0 Å². The molecule has 2 N–H and O–H groups in total.